The van der Waals surface area contributed by atoms with Crippen molar-refractivity contribution in [3.8, 4) is 0 Å². The zero-order valence-corrected chi connectivity index (χ0v) is 15.5. The SMILES string of the molecule is O=C(N[C@H]1CCC(=O)N2CC[C@@H](C(=O)O)N2C1=O)[C@H](S)Cc1ccccc1. The summed E-state index contributed by atoms with van der Waals surface area (Å²) in [5.74, 6) is -2.47. The van der Waals surface area contributed by atoms with E-state index in [1.165, 1.54) is 5.01 Å². The molecule has 27 heavy (non-hydrogen) atoms. The second kappa shape index (κ2) is 7.99. The Morgan fingerprint density at radius 1 is 1.22 bits per heavy atom. The van der Waals surface area contributed by atoms with Crippen molar-refractivity contribution in [2.75, 3.05) is 6.54 Å². The van der Waals surface area contributed by atoms with Crippen molar-refractivity contribution in [2.24, 2.45) is 0 Å². The van der Waals surface area contributed by atoms with Gasteiger partial charge in [0.25, 0.3) is 5.91 Å². The number of carboxylic acid groups (broad SMARTS) is 1. The van der Waals surface area contributed by atoms with Crippen LogP contribution in [0.1, 0.15) is 24.8 Å². The first-order chi connectivity index (χ1) is 12.9. The van der Waals surface area contributed by atoms with Gasteiger partial charge >= 0.3 is 5.97 Å². The predicted molar refractivity (Wildman–Crippen MR) is 98.7 cm³/mol. The minimum atomic E-state index is -1.17. The maximum atomic E-state index is 12.8. The van der Waals surface area contributed by atoms with Gasteiger partial charge in [0.1, 0.15) is 6.04 Å². The molecule has 3 atom stereocenters. The van der Waals surface area contributed by atoms with Crippen LogP contribution in [0.4, 0.5) is 0 Å². The van der Waals surface area contributed by atoms with Gasteiger partial charge in [-0.3, -0.25) is 19.4 Å². The summed E-state index contributed by atoms with van der Waals surface area (Å²) < 4.78 is 0. The second-order valence-electron chi connectivity index (χ2n) is 6.65. The fourth-order valence-electron chi connectivity index (χ4n) is 3.40. The van der Waals surface area contributed by atoms with Crippen molar-refractivity contribution >= 4 is 36.3 Å². The molecule has 0 aromatic heterocycles. The first-order valence-electron chi connectivity index (χ1n) is 8.77. The Balaban J connectivity index is 1.70. The summed E-state index contributed by atoms with van der Waals surface area (Å²) in [5.41, 5.74) is 0.937. The van der Waals surface area contributed by atoms with E-state index in [2.05, 4.69) is 17.9 Å². The molecule has 2 fully saturated rings. The molecule has 0 bridgehead atoms. The van der Waals surface area contributed by atoms with E-state index in [-0.39, 0.29) is 31.7 Å². The molecule has 1 aromatic carbocycles. The average molecular weight is 391 g/mol. The van der Waals surface area contributed by atoms with Crippen LogP contribution in [-0.2, 0) is 25.6 Å². The molecule has 144 valence electrons. The third-order valence-corrected chi connectivity index (χ3v) is 5.22. The average Bonchev–Trinajstić information content (AvgIpc) is 3.06. The number of hydrazine groups is 1. The third-order valence-electron chi connectivity index (χ3n) is 4.80. The number of fused-ring (bicyclic) bond motifs is 1. The molecule has 2 N–H and O–H groups in total. The second-order valence-corrected chi connectivity index (χ2v) is 7.27. The first kappa shape index (κ1) is 19.2. The van der Waals surface area contributed by atoms with Gasteiger partial charge in [-0.15, -0.1) is 0 Å². The minimum absolute atomic E-state index is 0.0649. The molecule has 0 radical (unpaired) electrons. The summed E-state index contributed by atoms with van der Waals surface area (Å²) in [7, 11) is 0. The van der Waals surface area contributed by atoms with Crippen molar-refractivity contribution in [3.63, 3.8) is 0 Å². The normalized spacial score (nSPS) is 23.6. The minimum Gasteiger partial charge on any atom is -0.480 e. The van der Waals surface area contributed by atoms with Crippen molar-refractivity contribution < 1.29 is 24.3 Å². The van der Waals surface area contributed by atoms with Gasteiger partial charge in [-0.1, -0.05) is 30.3 Å². The van der Waals surface area contributed by atoms with Crippen LogP contribution in [0.25, 0.3) is 0 Å². The molecule has 0 unspecified atom stereocenters. The number of carbonyl (C=O) groups excluding carboxylic acids is 3. The molecule has 2 aliphatic rings. The van der Waals surface area contributed by atoms with Crippen LogP contribution in [0.2, 0.25) is 0 Å². The number of rotatable bonds is 5. The van der Waals surface area contributed by atoms with Gasteiger partial charge in [0, 0.05) is 19.4 Å². The molecular formula is C18H21N3O5S. The van der Waals surface area contributed by atoms with Crippen molar-refractivity contribution in [1.82, 2.24) is 15.3 Å². The van der Waals surface area contributed by atoms with E-state index in [1.807, 2.05) is 30.3 Å². The number of aliphatic carboxylic acids is 1. The van der Waals surface area contributed by atoms with E-state index in [1.54, 1.807) is 0 Å². The number of nitrogens with zero attached hydrogens (tertiary/aromatic N) is 2. The van der Waals surface area contributed by atoms with Crippen LogP contribution in [0.5, 0.6) is 0 Å². The number of carboxylic acids is 1. The van der Waals surface area contributed by atoms with Crippen LogP contribution >= 0.6 is 12.6 Å². The molecular weight excluding hydrogens is 370 g/mol. The molecule has 0 aliphatic carbocycles. The van der Waals surface area contributed by atoms with E-state index in [0.717, 1.165) is 10.6 Å². The Morgan fingerprint density at radius 3 is 2.59 bits per heavy atom. The van der Waals surface area contributed by atoms with Crippen LogP contribution in [0.3, 0.4) is 0 Å². The molecule has 9 heteroatoms. The highest BCUT2D eigenvalue weighted by Gasteiger charge is 2.46. The van der Waals surface area contributed by atoms with E-state index >= 15 is 0 Å². The zero-order chi connectivity index (χ0) is 19.6. The lowest BCUT2D eigenvalue weighted by Crippen LogP contribution is -2.55. The van der Waals surface area contributed by atoms with Gasteiger partial charge in [-0.2, -0.15) is 12.6 Å². The van der Waals surface area contributed by atoms with Crippen LogP contribution in [-0.4, -0.2) is 62.7 Å². The number of hydrogen-bond acceptors (Lipinski definition) is 5. The summed E-state index contributed by atoms with van der Waals surface area (Å²) in [6.45, 7) is 0.186. The summed E-state index contributed by atoms with van der Waals surface area (Å²) in [6.07, 6.45) is 0.768. The Morgan fingerprint density at radius 2 is 1.93 bits per heavy atom. The smallest absolute Gasteiger partial charge is 0.328 e. The molecule has 1 aromatic rings. The molecule has 3 rings (SSSR count). The van der Waals surface area contributed by atoms with Gasteiger partial charge in [0.15, 0.2) is 6.04 Å². The summed E-state index contributed by atoms with van der Waals surface area (Å²) >= 11 is 4.33. The lowest BCUT2D eigenvalue weighted by molar-refractivity contribution is -0.166. The Bertz CT molecular complexity index is 757. The van der Waals surface area contributed by atoms with Gasteiger partial charge in [0.2, 0.25) is 11.8 Å². The van der Waals surface area contributed by atoms with E-state index < -0.39 is 35.1 Å². The summed E-state index contributed by atoms with van der Waals surface area (Å²) in [6, 6.07) is 7.33. The quantitative estimate of drug-likeness (QED) is 0.623. The van der Waals surface area contributed by atoms with E-state index in [9.17, 15) is 24.3 Å². The molecule has 0 saturated carbocycles. The van der Waals surface area contributed by atoms with Crippen molar-refractivity contribution in [2.45, 2.75) is 43.0 Å². The van der Waals surface area contributed by atoms with Crippen LogP contribution < -0.4 is 5.32 Å². The van der Waals surface area contributed by atoms with Crippen LogP contribution in [0, 0.1) is 0 Å². The molecule has 0 spiro atoms. The number of carbonyl (C=O) groups is 4. The fourth-order valence-corrected chi connectivity index (χ4v) is 3.69. The third kappa shape index (κ3) is 4.08. The standard InChI is InChI=1S/C18H21N3O5S/c22-15-7-6-12(17(24)21-13(18(25)26)8-9-20(15)21)19-16(23)14(27)10-11-4-2-1-3-5-11/h1-5,12-14,27H,6-10H2,(H,19,23)(H,25,26)/t12-,13-,14+/m0/s1. The highest BCUT2D eigenvalue weighted by molar-refractivity contribution is 7.81. The Kier molecular flexibility index (Phi) is 5.69. The Hall–Kier alpha value is -2.55. The largest absolute Gasteiger partial charge is 0.480 e. The van der Waals surface area contributed by atoms with Gasteiger partial charge in [0.05, 0.1) is 5.25 Å². The van der Waals surface area contributed by atoms with Gasteiger partial charge in [-0.25, -0.2) is 9.80 Å². The predicted octanol–water partition coefficient (Wildman–Crippen LogP) is 0.235. The summed E-state index contributed by atoms with van der Waals surface area (Å²) in [5, 5.41) is 13.5. The highest BCUT2D eigenvalue weighted by Crippen LogP contribution is 2.25. The number of amides is 3. The summed E-state index contributed by atoms with van der Waals surface area (Å²) in [4.78, 5) is 49.0. The number of nitrogens with one attached hydrogen (secondary N) is 1. The monoisotopic (exact) mass is 391 g/mol. The Labute approximate surface area is 161 Å². The van der Waals surface area contributed by atoms with Crippen molar-refractivity contribution in [3.05, 3.63) is 35.9 Å². The molecule has 8 nitrogen and oxygen atoms in total. The van der Waals surface area contributed by atoms with Crippen LogP contribution in [0.15, 0.2) is 30.3 Å². The molecule has 2 aliphatic heterocycles. The van der Waals surface area contributed by atoms with E-state index in [4.69, 9.17) is 0 Å². The van der Waals surface area contributed by atoms with Gasteiger partial charge < -0.3 is 10.4 Å². The number of hydrogen-bond donors (Lipinski definition) is 3. The van der Waals surface area contributed by atoms with Gasteiger partial charge in [-0.05, 0) is 18.4 Å². The molecule has 2 saturated heterocycles. The van der Waals surface area contributed by atoms with Crippen molar-refractivity contribution in [1.29, 1.82) is 0 Å². The number of benzene rings is 1. The first-order valence-corrected chi connectivity index (χ1v) is 9.28. The maximum Gasteiger partial charge on any atom is 0.328 e. The lowest BCUT2D eigenvalue weighted by Gasteiger charge is -2.30. The highest BCUT2D eigenvalue weighted by atomic mass is 32.1. The fraction of sp³-hybridized carbons (Fsp3) is 0.444. The zero-order valence-electron chi connectivity index (χ0n) is 14.6. The number of thiol groups is 1. The lowest BCUT2D eigenvalue weighted by atomic mass is 10.1. The van der Waals surface area contributed by atoms with E-state index in [0.29, 0.717) is 6.42 Å². The topological polar surface area (TPSA) is 107 Å². The maximum absolute atomic E-state index is 12.8. The molecule has 3 amide bonds. The molecule has 2 heterocycles.